The second kappa shape index (κ2) is 6.18. The maximum absolute atomic E-state index is 13.0. The molecule has 1 aliphatic heterocycles. The molecule has 2 fully saturated rings. The number of hydrogen-bond donors (Lipinski definition) is 1. The van der Waals surface area contributed by atoms with Gasteiger partial charge >= 0.3 is 5.69 Å². The average molecular weight is 366 g/mol. The summed E-state index contributed by atoms with van der Waals surface area (Å²) >= 11 is 0. The largest absolute Gasteiger partial charge is 0.343 e. The number of Topliss-reactive ketones (excluding diaryl/α,β-unsaturated/α-hetero) is 1. The van der Waals surface area contributed by atoms with Crippen LogP contribution in [0.25, 0.3) is 0 Å². The molecule has 1 saturated heterocycles. The molecule has 1 saturated carbocycles. The molecule has 7 heteroatoms. The molecule has 1 amide bonds. The molecule has 27 heavy (non-hydrogen) atoms. The molecule has 7 nitrogen and oxygen atoms in total. The average Bonchev–Trinajstić information content (AvgIpc) is 3.40. The fourth-order valence-electron chi connectivity index (χ4n) is 4.37. The second-order valence-electron chi connectivity index (χ2n) is 7.86. The Labute approximate surface area is 156 Å². The highest BCUT2D eigenvalue weighted by molar-refractivity contribution is 6.06. The number of carbonyl (C=O) groups excluding carboxylic acids is 2. The molecule has 0 bridgehead atoms. The number of nitrogens with zero attached hydrogens (tertiary/aromatic N) is 3. The van der Waals surface area contributed by atoms with E-state index in [1.165, 1.54) is 0 Å². The number of aromatic nitrogens is 3. The molecule has 0 spiro atoms. The lowest BCUT2D eigenvalue weighted by Crippen LogP contribution is -2.42. The van der Waals surface area contributed by atoms with Crippen LogP contribution in [0.1, 0.15) is 71.7 Å². The van der Waals surface area contributed by atoms with E-state index in [4.69, 9.17) is 0 Å². The zero-order chi connectivity index (χ0) is 18.5. The smallest absolute Gasteiger partial charge is 0.342 e. The Bertz CT molecular complexity index is 964. The zero-order valence-corrected chi connectivity index (χ0v) is 15.1. The van der Waals surface area contributed by atoms with Gasteiger partial charge in [0.1, 0.15) is 5.82 Å². The first-order valence-corrected chi connectivity index (χ1v) is 9.71. The molecule has 1 N–H and O–H groups in total. The van der Waals surface area contributed by atoms with E-state index >= 15 is 0 Å². The number of ketones is 1. The molecule has 1 aromatic heterocycles. The number of aromatic amines is 1. The normalized spacial score (nSPS) is 22.9. The number of H-pyrrole nitrogens is 1. The van der Waals surface area contributed by atoms with Crippen LogP contribution in [0.2, 0.25) is 0 Å². The fraction of sp³-hybridized carbons (Fsp3) is 0.500. The molecule has 0 radical (unpaired) electrons. The second-order valence-corrected chi connectivity index (χ2v) is 7.86. The topological polar surface area (TPSA) is 88.1 Å². The minimum absolute atomic E-state index is 0.0276. The number of nitrogens with one attached hydrogen (secondary N) is 1. The van der Waals surface area contributed by atoms with Gasteiger partial charge in [-0.2, -0.15) is 5.10 Å². The van der Waals surface area contributed by atoms with Crippen molar-refractivity contribution in [3.05, 3.63) is 51.7 Å². The minimum atomic E-state index is -0.361. The number of amides is 1. The van der Waals surface area contributed by atoms with Gasteiger partial charge in [-0.3, -0.25) is 14.6 Å². The van der Waals surface area contributed by atoms with Crippen LogP contribution in [-0.2, 0) is 4.79 Å². The van der Waals surface area contributed by atoms with Crippen molar-refractivity contribution < 1.29 is 9.59 Å². The van der Waals surface area contributed by atoms with E-state index in [-0.39, 0.29) is 35.8 Å². The number of benzene rings is 1. The van der Waals surface area contributed by atoms with Gasteiger partial charge in [0.25, 0.3) is 0 Å². The first-order valence-electron chi connectivity index (χ1n) is 9.71. The number of rotatable bonds is 3. The molecule has 2 heterocycles. The van der Waals surface area contributed by atoms with Gasteiger partial charge in [-0.25, -0.2) is 9.48 Å². The Morgan fingerprint density at radius 3 is 2.56 bits per heavy atom. The van der Waals surface area contributed by atoms with E-state index in [1.54, 1.807) is 10.7 Å². The third kappa shape index (κ3) is 2.81. The lowest BCUT2D eigenvalue weighted by atomic mass is 9.97. The van der Waals surface area contributed by atoms with Crippen molar-refractivity contribution in [2.45, 2.75) is 50.0 Å². The minimum Gasteiger partial charge on any atom is -0.342 e. The maximum atomic E-state index is 13.0. The van der Waals surface area contributed by atoms with Crippen LogP contribution in [-0.4, -0.2) is 44.4 Å². The molecule has 1 aromatic carbocycles. The number of carbonyl (C=O) groups is 2. The van der Waals surface area contributed by atoms with Crippen LogP contribution >= 0.6 is 0 Å². The van der Waals surface area contributed by atoms with Crippen molar-refractivity contribution in [2.75, 3.05) is 13.1 Å². The summed E-state index contributed by atoms with van der Waals surface area (Å²) in [4.78, 5) is 42.1. The van der Waals surface area contributed by atoms with Gasteiger partial charge in [-0.1, -0.05) is 24.3 Å². The Kier molecular flexibility index (Phi) is 3.77. The summed E-state index contributed by atoms with van der Waals surface area (Å²) < 4.78 is 1.57. The molecule has 140 valence electrons. The summed E-state index contributed by atoms with van der Waals surface area (Å²) in [6.45, 7) is 1.18. The number of likely N-dealkylation sites (tertiary alicyclic amines) is 1. The highest BCUT2D eigenvalue weighted by atomic mass is 16.2. The highest BCUT2D eigenvalue weighted by Gasteiger charge is 2.38. The van der Waals surface area contributed by atoms with E-state index in [9.17, 15) is 14.4 Å². The molecule has 1 atom stereocenters. The molecule has 2 aromatic rings. The Balaban J connectivity index is 1.28. The maximum Gasteiger partial charge on any atom is 0.343 e. The van der Waals surface area contributed by atoms with Gasteiger partial charge in [0, 0.05) is 31.0 Å². The molecule has 1 unspecified atom stereocenters. The van der Waals surface area contributed by atoms with Crippen molar-refractivity contribution in [1.82, 2.24) is 19.7 Å². The Morgan fingerprint density at radius 2 is 1.81 bits per heavy atom. The van der Waals surface area contributed by atoms with E-state index in [0.717, 1.165) is 24.2 Å². The van der Waals surface area contributed by atoms with Gasteiger partial charge in [-0.05, 0) is 31.2 Å². The molecule has 5 rings (SSSR count). The number of fused-ring (bicyclic) bond motifs is 1. The Hall–Kier alpha value is -2.70. The van der Waals surface area contributed by atoms with Gasteiger partial charge in [0.15, 0.2) is 5.78 Å². The number of piperidine rings is 1. The summed E-state index contributed by atoms with van der Waals surface area (Å²) in [6.07, 6.45) is 3.89. The van der Waals surface area contributed by atoms with E-state index < -0.39 is 0 Å². The van der Waals surface area contributed by atoms with Crippen LogP contribution in [0.3, 0.4) is 0 Å². The van der Waals surface area contributed by atoms with Gasteiger partial charge in [0.05, 0.1) is 12.0 Å². The summed E-state index contributed by atoms with van der Waals surface area (Å²) in [5, 5.41) is 4.48. The first-order chi connectivity index (χ1) is 13.1. The summed E-state index contributed by atoms with van der Waals surface area (Å²) in [7, 11) is 0. The van der Waals surface area contributed by atoms with Crippen molar-refractivity contribution in [1.29, 1.82) is 0 Å². The van der Waals surface area contributed by atoms with Crippen LogP contribution in [0.4, 0.5) is 0 Å². The predicted molar refractivity (Wildman–Crippen MR) is 97.8 cm³/mol. The lowest BCUT2D eigenvalue weighted by Gasteiger charge is -2.33. The molecule has 2 aliphatic carbocycles. The quantitative estimate of drug-likeness (QED) is 0.900. The molecule has 3 aliphatic rings. The van der Waals surface area contributed by atoms with Crippen molar-refractivity contribution in [2.24, 2.45) is 0 Å². The molecular formula is C20H22N4O3. The monoisotopic (exact) mass is 366 g/mol. The summed E-state index contributed by atoms with van der Waals surface area (Å²) in [5.74, 6) is 0.939. The highest BCUT2D eigenvalue weighted by Crippen LogP contribution is 2.38. The van der Waals surface area contributed by atoms with Gasteiger partial charge in [0.2, 0.25) is 5.91 Å². The summed E-state index contributed by atoms with van der Waals surface area (Å²) in [6, 6.07) is 7.44. The standard InChI is InChI=1S/C20H22N4O3/c25-17-11-16(14-3-1-2-4-15(14)17)19(26)23-9-7-13(8-10-23)24-20(27)21-18(22-24)12-5-6-12/h1-4,12-13,16H,5-11H2,(H,21,22,27). The lowest BCUT2D eigenvalue weighted by molar-refractivity contribution is -0.134. The van der Waals surface area contributed by atoms with Gasteiger partial charge < -0.3 is 4.90 Å². The van der Waals surface area contributed by atoms with Crippen LogP contribution in [0, 0.1) is 0 Å². The first kappa shape index (κ1) is 16.5. The zero-order valence-electron chi connectivity index (χ0n) is 15.1. The van der Waals surface area contributed by atoms with Gasteiger partial charge in [-0.15, -0.1) is 0 Å². The third-order valence-electron chi connectivity index (χ3n) is 6.07. The predicted octanol–water partition coefficient (Wildman–Crippen LogP) is 1.98. The van der Waals surface area contributed by atoms with Crippen LogP contribution in [0.15, 0.2) is 29.1 Å². The Morgan fingerprint density at radius 1 is 1.07 bits per heavy atom. The van der Waals surface area contributed by atoms with Crippen molar-refractivity contribution in [3.63, 3.8) is 0 Å². The molecular weight excluding hydrogens is 344 g/mol. The van der Waals surface area contributed by atoms with E-state index in [0.29, 0.717) is 37.4 Å². The van der Waals surface area contributed by atoms with E-state index in [2.05, 4.69) is 10.1 Å². The van der Waals surface area contributed by atoms with E-state index in [1.807, 2.05) is 23.1 Å². The van der Waals surface area contributed by atoms with Crippen LogP contribution < -0.4 is 5.69 Å². The van der Waals surface area contributed by atoms with Crippen LogP contribution in [0.5, 0.6) is 0 Å². The van der Waals surface area contributed by atoms with Crippen molar-refractivity contribution in [3.8, 4) is 0 Å². The summed E-state index contributed by atoms with van der Waals surface area (Å²) in [5.41, 5.74) is 1.39. The third-order valence-corrected chi connectivity index (χ3v) is 6.07. The fourth-order valence-corrected chi connectivity index (χ4v) is 4.37. The number of hydrogen-bond acceptors (Lipinski definition) is 4. The van der Waals surface area contributed by atoms with Crippen molar-refractivity contribution >= 4 is 11.7 Å². The SMILES string of the molecule is O=C1CC(C(=O)N2CCC(n3nc(C4CC4)[nH]c3=O)CC2)c2ccccc21.